The molecule has 0 aromatic heterocycles. The van der Waals surface area contributed by atoms with Crippen LogP contribution in [-0.2, 0) is 15.5 Å². The molecule has 76 valence electrons. The van der Waals surface area contributed by atoms with Crippen molar-refractivity contribution < 1.29 is 13.2 Å². The third-order valence-corrected chi connectivity index (χ3v) is 3.51. The number of rotatable bonds is 1. The van der Waals surface area contributed by atoms with Crippen LogP contribution < -0.4 is 4.74 Å². The number of benzene rings is 1. The van der Waals surface area contributed by atoms with Gasteiger partial charge in [-0.3, -0.25) is 0 Å². The monoisotopic (exact) mass is 232 g/mol. The Bertz CT molecular complexity index is 453. The smallest absolute Gasteiger partial charge is 0.261 e. The number of ether oxygens (including phenoxy) is 1. The summed E-state index contributed by atoms with van der Waals surface area (Å²) in [5, 5.41) is 0. The average molecular weight is 233 g/mol. The molecule has 0 fully saturated rings. The molecular weight excluding hydrogens is 224 g/mol. The fourth-order valence-electron chi connectivity index (χ4n) is 1.49. The van der Waals surface area contributed by atoms with Gasteiger partial charge >= 0.3 is 0 Å². The zero-order chi connectivity index (χ0) is 10.2. The zero-order valence-corrected chi connectivity index (χ0v) is 8.94. The molecule has 0 spiro atoms. The maximum absolute atomic E-state index is 11.0. The van der Waals surface area contributed by atoms with E-state index in [1.54, 1.807) is 12.1 Å². The zero-order valence-electron chi connectivity index (χ0n) is 7.36. The van der Waals surface area contributed by atoms with Gasteiger partial charge in [-0.1, -0.05) is 0 Å². The van der Waals surface area contributed by atoms with Crippen molar-refractivity contribution in [2.75, 3.05) is 6.61 Å². The van der Waals surface area contributed by atoms with Crippen molar-refractivity contribution in [1.29, 1.82) is 0 Å². The maximum atomic E-state index is 11.0. The molecule has 0 aliphatic carbocycles. The van der Waals surface area contributed by atoms with Gasteiger partial charge in [0.25, 0.3) is 9.05 Å². The predicted octanol–water partition coefficient (Wildman–Crippen LogP) is 1.94. The van der Waals surface area contributed by atoms with Crippen LogP contribution in [0.2, 0.25) is 0 Å². The van der Waals surface area contributed by atoms with E-state index < -0.39 is 9.05 Å². The van der Waals surface area contributed by atoms with Crippen molar-refractivity contribution in [1.82, 2.24) is 0 Å². The van der Waals surface area contributed by atoms with Crippen LogP contribution in [-0.4, -0.2) is 15.0 Å². The van der Waals surface area contributed by atoms with Crippen LogP contribution in [0.1, 0.15) is 12.0 Å². The van der Waals surface area contributed by atoms with E-state index in [4.69, 9.17) is 15.4 Å². The minimum Gasteiger partial charge on any atom is -0.493 e. The van der Waals surface area contributed by atoms with Gasteiger partial charge in [0.15, 0.2) is 0 Å². The quantitative estimate of drug-likeness (QED) is 0.695. The minimum absolute atomic E-state index is 0.142. The van der Waals surface area contributed by atoms with Gasteiger partial charge in [0.05, 0.1) is 11.5 Å². The van der Waals surface area contributed by atoms with Gasteiger partial charge in [-0.05, 0) is 36.6 Å². The Kier molecular flexibility index (Phi) is 2.41. The highest BCUT2D eigenvalue weighted by Crippen LogP contribution is 2.28. The second-order valence-corrected chi connectivity index (χ2v) is 5.73. The fraction of sp³-hybridized carbons (Fsp3) is 0.333. The van der Waals surface area contributed by atoms with Gasteiger partial charge in [-0.25, -0.2) is 8.42 Å². The summed E-state index contributed by atoms with van der Waals surface area (Å²) in [6.07, 6.45) is 1.76. The molecule has 2 rings (SSSR count). The predicted molar refractivity (Wildman–Crippen MR) is 53.3 cm³/mol. The van der Waals surface area contributed by atoms with Gasteiger partial charge < -0.3 is 4.74 Å². The number of hydrogen-bond donors (Lipinski definition) is 0. The number of hydrogen-bond acceptors (Lipinski definition) is 3. The topological polar surface area (TPSA) is 43.4 Å². The molecule has 0 radical (unpaired) electrons. The van der Waals surface area contributed by atoms with E-state index in [9.17, 15) is 8.42 Å². The Morgan fingerprint density at radius 2 is 2.14 bits per heavy atom. The molecule has 3 nitrogen and oxygen atoms in total. The van der Waals surface area contributed by atoms with Crippen molar-refractivity contribution in [3.63, 3.8) is 0 Å². The molecule has 1 aliphatic rings. The summed E-state index contributed by atoms with van der Waals surface area (Å²) < 4.78 is 27.4. The van der Waals surface area contributed by atoms with Gasteiger partial charge in [0, 0.05) is 10.7 Å². The highest BCUT2D eigenvalue weighted by Gasteiger charge is 2.15. The fourth-order valence-corrected chi connectivity index (χ4v) is 2.29. The van der Waals surface area contributed by atoms with E-state index in [1.165, 1.54) is 6.07 Å². The van der Waals surface area contributed by atoms with Crippen molar-refractivity contribution in [2.24, 2.45) is 0 Å². The lowest BCUT2D eigenvalue weighted by atomic mass is 10.1. The molecule has 1 heterocycles. The third kappa shape index (κ3) is 1.86. The Hall–Kier alpha value is -0.740. The molecule has 1 aromatic rings. The van der Waals surface area contributed by atoms with E-state index in [1.807, 2.05) is 0 Å². The first-order chi connectivity index (χ1) is 6.57. The van der Waals surface area contributed by atoms with E-state index in [-0.39, 0.29) is 4.90 Å². The third-order valence-electron chi connectivity index (χ3n) is 2.16. The first kappa shape index (κ1) is 9.80. The van der Waals surface area contributed by atoms with Gasteiger partial charge in [0.2, 0.25) is 0 Å². The highest BCUT2D eigenvalue weighted by molar-refractivity contribution is 8.13. The molecule has 0 saturated carbocycles. The summed E-state index contributed by atoms with van der Waals surface area (Å²) in [6, 6.07) is 4.70. The van der Waals surface area contributed by atoms with Crippen molar-refractivity contribution in [2.45, 2.75) is 17.7 Å². The standard InChI is InChI=1S/C9H9ClO3S/c10-14(11,12)8-3-4-9-7(6-8)2-1-5-13-9/h3-4,6H,1-2,5H2. The summed E-state index contributed by atoms with van der Waals surface area (Å²) in [6.45, 7) is 0.694. The van der Waals surface area contributed by atoms with E-state index in [2.05, 4.69) is 0 Å². The molecule has 0 unspecified atom stereocenters. The van der Waals surface area contributed by atoms with Gasteiger partial charge in [-0.2, -0.15) is 0 Å². The van der Waals surface area contributed by atoms with E-state index >= 15 is 0 Å². The molecular formula is C9H9ClO3S. The summed E-state index contributed by atoms with van der Waals surface area (Å²) in [7, 11) is 1.61. The first-order valence-corrected chi connectivity index (χ1v) is 6.59. The van der Waals surface area contributed by atoms with Crippen LogP contribution in [0.5, 0.6) is 5.75 Å². The van der Waals surface area contributed by atoms with E-state index in [0.717, 1.165) is 24.2 Å². The Morgan fingerprint density at radius 1 is 1.36 bits per heavy atom. The number of halogens is 1. The van der Waals surface area contributed by atoms with Crippen molar-refractivity contribution in [3.05, 3.63) is 23.8 Å². The van der Waals surface area contributed by atoms with Gasteiger partial charge in [-0.15, -0.1) is 0 Å². The molecule has 0 bridgehead atoms. The summed E-state index contributed by atoms with van der Waals surface area (Å²) in [5.41, 5.74) is 0.915. The van der Waals surface area contributed by atoms with Crippen molar-refractivity contribution >= 4 is 19.7 Å². The molecule has 0 atom stereocenters. The van der Waals surface area contributed by atoms with Gasteiger partial charge in [0.1, 0.15) is 5.75 Å². The molecule has 0 saturated heterocycles. The average Bonchev–Trinajstić information content (AvgIpc) is 2.16. The molecule has 5 heteroatoms. The Morgan fingerprint density at radius 3 is 2.86 bits per heavy atom. The number of fused-ring (bicyclic) bond motifs is 1. The van der Waals surface area contributed by atoms with Crippen LogP contribution >= 0.6 is 10.7 Å². The Labute approximate surface area is 87.1 Å². The van der Waals surface area contributed by atoms with Crippen LogP contribution in [0, 0.1) is 0 Å². The normalized spacial score (nSPS) is 15.8. The summed E-state index contributed by atoms with van der Waals surface area (Å²) >= 11 is 0. The molecule has 14 heavy (non-hydrogen) atoms. The molecule has 0 N–H and O–H groups in total. The van der Waals surface area contributed by atoms with Crippen LogP contribution in [0.4, 0.5) is 0 Å². The molecule has 1 aromatic carbocycles. The summed E-state index contributed by atoms with van der Waals surface area (Å²) in [4.78, 5) is 0.142. The number of aryl methyl sites for hydroxylation is 1. The second-order valence-electron chi connectivity index (χ2n) is 3.16. The lowest BCUT2D eigenvalue weighted by molar-refractivity contribution is 0.288. The van der Waals surface area contributed by atoms with E-state index in [0.29, 0.717) is 6.61 Å². The lowest BCUT2D eigenvalue weighted by Crippen LogP contribution is -2.08. The van der Waals surface area contributed by atoms with Crippen LogP contribution in [0.25, 0.3) is 0 Å². The maximum Gasteiger partial charge on any atom is 0.261 e. The SMILES string of the molecule is O=S(=O)(Cl)c1ccc2c(c1)CCCO2. The van der Waals surface area contributed by atoms with Crippen molar-refractivity contribution in [3.8, 4) is 5.75 Å². The first-order valence-electron chi connectivity index (χ1n) is 4.28. The lowest BCUT2D eigenvalue weighted by Gasteiger charge is -2.17. The largest absolute Gasteiger partial charge is 0.493 e. The second kappa shape index (κ2) is 3.44. The summed E-state index contributed by atoms with van der Waals surface area (Å²) in [5.74, 6) is 0.764. The molecule has 0 amide bonds. The Balaban J connectivity index is 2.49. The van der Waals surface area contributed by atoms with Crippen LogP contribution in [0.15, 0.2) is 23.1 Å². The highest BCUT2D eigenvalue weighted by atomic mass is 35.7. The molecule has 1 aliphatic heterocycles. The van der Waals surface area contributed by atoms with Crippen LogP contribution in [0.3, 0.4) is 0 Å². The minimum atomic E-state index is -3.62.